The summed E-state index contributed by atoms with van der Waals surface area (Å²) in [5.41, 5.74) is 6.80. The van der Waals surface area contributed by atoms with E-state index in [9.17, 15) is 5.11 Å². The van der Waals surface area contributed by atoms with Crippen LogP contribution in [0.4, 0.5) is 0 Å². The summed E-state index contributed by atoms with van der Waals surface area (Å²) in [5.74, 6) is 0.458. The maximum atomic E-state index is 9.30. The highest BCUT2D eigenvalue weighted by Crippen LogP contribution is 2.30. The number of pyridine rings is 1. The topological polar surface area (TPSA) is 79.4 Å². The minimum Gasteiger partial charge on any atom is -0.394 e. The molecule has 4 N–H and O–H groups in total. The van der Waals surface area contributed by atoms with Crippen molar-refractivity contribution in [1.29, 1.82) is 0 Å². The molecule has 16 heavy (non-hydrogen) atoms. The van der Waals surface area contributed by atoms with Crippen LogP contribution in [0.5, 0.6) is 0 Å². The first-order valence-electron chi connectivity index (χ1n) is 5.22. The molecule has 3 atom stereocenters. The van der Waals surface area contributed by atoms with Crippen molar-refractivity contribution in [2.75, 3.05) is 12.4 Å². The summed E-state index contributed by atoms with van der Waals surface area (Å²) in [7, 11) is 0. The first-order valence-corrected chi connectivity index (χ1v) is 6.27. The van der Waals surface area contributed by atoms with Crippen molar-refractivity contribution in [3.63, 3.8) is 0 Å². The Hall–Kier alpha value is -0.620. The van der Waals surface area contributed by atoms with E-state index < -0.39 is 6.10 Å². The fourth-order valence-corrected chi connectivity index (χ4v) is 2.47. The fraction of sp³-hybridized carbons (Fsp3) is 0.545. The first kappa shape index (κ1) is 13.4. The normalized spacial score (nSPS) is 16.8. The van der Waals surface area contributed by atoms with Gasteiger partial charge in [0.25, 0.3) is 0 Å². The molecule has 5 heteroatoms. The van der Waals surface area contributed by atoms with Gasteiger partial charge in [-0.1, -0.05) is 6.07 Å². The molecule has 0 bridgehead atoms. The van der Waals surface area contributed by atoms with Crippen LogP contribution >= 0.6 is 11.8 Å². The van der Waals surface area contributed by atoms with Crippen LogP contribution in [0.3, 0.4) is 0 Å². The second-order valence-electron chi connectivity index (χ2n) is 3.70. The maximum Gasteiger partial charge on any atom is 0.0861 e. The SMILES string of the molecule is CC(N)C(SCC(O)CO)c1ccccn1. The molecule has 1 aromatic rings. The van der Waals surface area contributed by atoms with E-state index in [2.05, 4.69) is 4.98 Å². The fourth-order valence-electron chi connectivity index (χ4n) is 1.32. The maximum absolute atomic E-state index is 9.30. The highest BCUT2D eigenvalue weighted by atomic mass is 32.2. The van der Waals surface area contributed by atoms with Crippen molar-refractivity contribution in [2.45, 2.75) is 24.3 Å². The second-order valence-corrected chi connectivity index (χ2v) is 4.88. The van der Waals surface area contributed by atoms with E-state index in [1.165, 1.54) is 11.8 Å². The Morgan fingerprint density at radius 2 is 2.25 bits per heavy atom. The highest BCUT2D eigenvalue weighted by Gasteiger charge is 2.19. The zero-order valence-corrected chi connectivity index (χ0v) is 10.1. The third-order valence-electron chi connectivity index (χ3n) is 2.14. The zero-order chi connectivity index (χ0) is 12.0. The zero-order valence-electron chi connectivity index (χ0n) is 9.28. The van der Waals surface area contributed by atoms with Crippen LogP contribution in [0.2, 0.25) is 0 Å². The molecule has 0 aliphatic carbocycles. The predicted octanol–water partition coefficient (Wildman–Crippen LogP) is 0.556. The van der Waals surface area contributed by atoms with Gasteiger partial charge in [-0.3, -0.25) is 4.98 Å². The van der Waals surface area contributed by atoms with Crippen molar-refractivity contribution in [1.82, 2.24) is 4.98 Å². The van der Waals surface area contributed by atoms with Crippen LogP contribution in [0.15, 0.2) is 24.4 Å². The summed E-state index contributed by atoms with van der Waals surface area (Å²) in [5, 5.41) is 18.1. The summed E-state index contributed by atoms with van der Waals surface area (Å²) >= 11 is 1.52. The average molecular weight is 242 g/mol. The van der Waals surface area contributed by atoms with E-state index in [1.54, 1.807) is 6.20 Å². The van der Waals surface area contributed by atoms with Crippen molar-refractivity contribution in [3.8, 4) is 0 Å². The number of rotatable bonds is 6. The van der Waals surface area contributed by atoms with Crippen LogP contribution in [0, 0.1) is 0 Å². The number of nitrogens with two attached hydrogens (primary N) is 1. The summed E-state index contributed by atoms with van der Waals surface area (Å²) in [6.07, 6.45) is 1.03. The number of aliphatic hydroxyl groups is 2. The Morgan fingerprint density at radius 3 is 2.75 bits per heavy atom. The lowest BCUT2D eigenvalue weighted by Gasteiger charge is -2.20. The van der Waals surface area contributed by atoms with Crippen molar-refractivity contribution >= 4 is 11.8 Å². The number of nitrogens with zero attached hydrogens (tertiary/aromatic N) is 1. The van der Waals surface area contributed by atoms with Gasteiger partial charge in [0, 0.05) is 18.0 Å². The van der Waals surface area contributed by atoms with Crippen molar-refractivity contribution < 1.29 is 10.2 Å². The molecular formula is C11H18N2O2S. The molecule has 0 aliphatic heterocycles. The van der Waals surface area contributed by atoms with E-state index in [4.69, 9.17) is 10.8 Å². The minimum atomic E-state index is -0.699. The molecular weight excluding hydrogens is 224 g/mol. The third kappa shape index (κ3) is 4.09. The highest BCUT2D eigenvalue weighted by molar-refractivity contribution is 7.99. The lowest BCUT2D eigenvalue weighted by molar-refractivity contribution is 0.113. The molecule has 1 rings (SSSR count). The standard InChI is InChI=1S/C11H18N2O2S/c1-8(12)11(16-7-9(15)6-14)10-4-2-3-5-13-10/h2-5,8-9,11,14-15H,6-7,12H2,1H3. The molecule has 0 fully saturated rings. The second kappa shape index (κ2) is 6.85. The van der Waals surface area contributed by atoms with E-state index >= 15 is 0 Å². The Balaban J connectivity index is 2.62. The van der Waals surface area contributed by atoms with Gasteiger partial charge >= 0.3 is 0 Å². The van der Waals surface area contributed by atoms with Gasteiger partial charge in [0.05, 0.1) is 23.7 Å². The number of thioether (sulfide) groups is 1. The molecule has 1 heterocycles. The Labute approximate surface area is 99.9 Å². The van der Waals surface area contributed by atoms with E-state index in [1.807, 2.05) is 25.1 Å². The molecule has 4 nitrogen and oxygen atoms in total. The number of hydrogen-bond acceptors (Lipinski definition) is 5. The van der Waals surface area contributed by atoms with E-state index in [0.717, 1.165) is 5.69 Å². The van der Waals surface area contributed by atoms with Gasteiger partial charge in [-0.2, -0.15) is 0 Å². The predicted molar refractivity (Wildman–Crippen MR) is 66.2 cm³/mol. The molecule has 0 radical (unpaired) electrons. The Morgan fingerprint density at radius 1 is 1.50 bits per heavy atom. The molecule has 0 spiro atoms. The molecule has 90 valence electrons. The largest absolute Gasteiger partial charge is 0.394 e. The van der Waals surface area contributed by atoms with E-state index in [-0.39, 0.29) is 17.9 Å². The lowest BCUT2D eigenvalue weighted by Crippen LogP contribution is -2.25. The number of aromatic nitrogens is 1. The quantitative estimate of drug-likeness (QED) is 0.679. The summed E-state index contributed by atoms with van der Waals surface area (Å²) in [6, 6.07) is 5.65. The third-order valence-corrected chi connectivity index (χ3v) is 3.74. The smallest absolute Gasteiger partial charge is 0.0861 e. The van der Waals surface area contributed by atoms with Crippen LogP contribution < -0.4 is 5.73 Å². The van der Waals surface area contributed by atoms with Gasteiger partial charge in [0.1, 0.15) is 0 Å². The number of aliphatic hydroxyl groups excluding tert-OH is 2. The summed E-state index contributed by atoms with van der Waals surface area (Å²) in [6.45, 7) is 1.69. The molecule has 0 aliphatic rings. The minimum absolute atomic E-state index is 0.0439. The van der Waals surface area contributed by atoms with Gasteiger partial charge in [-0.25, -0.2) is 0 Å². The molecule has 0 aromatic carbocycles. The molecule has 0 amide bonds. The molecule has 0 saturated heterocycles. The first-order chi connectivity index (χ1) is 7.65. The van der Waals surface area contributed by atoms with Gasteiger partial charge in [-0.05, 0) is 19.1 Å². The van der Waals surface area contributed by atoms with Crippen LogP contribution in [-0.2, 0) is 0 Å². The molecule has 1 aromatic heterocycles. The van der Waals surface area contributed by atoms with Gasteiger partial charge in [-0.15, -0.1) is 11.8 Å². The van der Waals surface area contributed by atoms with Crippen LogP contribution in [0.25, 0.3) is 0 Å². The molecule has 3 unspecified atom stereocenters. The Kier molecular flexibility index (Phi) is 5.76. The number of hydrogen-bond donors (Lipinski definition) is 3. The van der Waals surface area contributed by atoms with Crippen molar-refractivity contribution in [3.05, 3.63) is 30.1 Å². The van der Waals surface area contributed by atoms with Crippen LogP contribution in [-0.4, -0.2) is 39.7 Å². The van der Waals surface area contributed by atoms with Crippen molar-refractivity contribution in [2.24, 2.45) is 5.73 Å². The average Bonchev–Trinajstić information content (AvgIpc) is 2.30. The lowest BCUT2D eigenvalue weighted by atomic mass is 10.2. The molecule has 0 saturated carbocycles. The van der Waals surface area contributed by atoms with Gasteiger partial charge in [0.15, 0.2) is 0 Å². The van der Waals surface area contributed by atoms with Gasteiger partial charge < -0.3 is 15.9 Å². The monoisotopic (exact) mass is 242 g/mol. The van der Waals surface area contributed by atoms with Crippen LogP contribution in [0.1, 0.15) is 17.9 Å². The summed E-state index contributed by atoms with van der Waals surface area (Å²) in [4.78, 5) is 4.26. The summed E-state index contributed by atoms with van der Waals surface area (Å²) < 4.78 is 0. The van der Waals surface area contributed by atoms with E-state index in [0.29, 0.717) is 5.75 Å². The Bertz CT molecular complexity index is 295. The van der Waals surface area contributed by atoms with Gasteiger partial charge in [0.2, 0.25) is 0 Å².